The second-order valence-corrected chi connectivity index (χ2v) is 4.39. The number of rotatable bonds is 3. The van der Waals surface area contributed by atoms with Crippen molar-refractivity contribution in [2.24, 2.45) is 14.1 Å². The maximum absolute atomic E-state index is 12.3. The number of hydrogen-bond acceptors (Lipinski definition) is 4. The Morgan fingerprint density at radius 1 is 1.37 bits per heavy atom. The van der Waals surface area contributed by atoms with Crippen molar-refractivity contribution in [2.45, 2.75) is 6.92 Å². The van der Waals surface area contributed by atoms with Gasteiger partial charge in [0, 0.05) is 26.8 Å². The summed E-state index contributed by atoms with van der Waals surface area (Å²) in [6.45, 7) is 6.04. The number of anilines is 1. The second kappa shape index (κ2) is 4.72. The van der Waals surface area contributed by atoms with E-state index in [9.17, 15) is 9.59 Å². The average molecular weight is 260 g/mol. The highest BCUT2D eigenvalue weighted by Gasteiger charge is 2.14. The molecule has 0 bridgehead atoms. The van der Waals surface area contributed by atoms with Gasteiger partial charge in [0.1, 0.15) is 5.39 Å². The van der Waals surface area contributed by atoms with E-state index >= 15 is 0 Å². The van der Waals surface area contributed by atoms with E-state index in [1.165, 1.54) is 11.6 Å². The lowest BCUT2D eigenvalue weighted by Gasteiger charge is -2.13. The Morgan fingerprint density at radius 3 is 2.68 bits per heavy atom. The Bertz CT molecular complexity index is 771. The summed E-state index contributed by atoms with van der Waals surface area (Å²) in [5.74, 6) is 0. The zero-order valence-corrected chi connectivity index (χ0v) is 11.2. The second-order valence-electron chi connectivity index (χ2n) is 4.39. The largest absolute Gasteiger partial charge is 0.381 e. The highest BCUT2D eigenvalue weighted by molar-refractivity contribution is 5.90. The van der Waals surface area contributed by atoms with Crippen LogP contribution in [0.3, 0.4) is 0 Å². The van der Waals surface area contributed by atoms with E-state index in [2.05, 4.69) is 16.9 Å². The van der Waals surface area contributed by atoms with Crippen LogP contribution in [0.25, 0.3) is 11.0 Å². The van der Waals surface area contributed by atoms with Gasteiger partial charge in [-0.1, -0.05) is 6.08 Å². The molecule has 100 valence electrons. The minimum absolute atomic E-state index is 0.346. The molecule has 0 aliphatic carbocycles. The number of nitrogens with zero attached hydrogens (tertiary/aromatic N) is 3. The third-order valence-corrected chi connectivity index (χ3v) is 3.08. The molecule has 19 heavy (non-hydrogen) atoms. The van der Waals surface area contributed by atoms with Gasteiger partial charge < -0.3 is 5.32 Å². The first-order valence-electron chi connectivity index (χ1n) is 5.89. The smallest absolute Gasteiger partial charge is 0.332 e. The molecule has 0 saturated heterocycles. The monoisotopic (exact) mass is 260 g/mol. The van der Waals surface area contributed by atoms with Crippen LogP contribution < -0.4 is 16.6 Å². The predicted octanol–water partition coefficient (Wildman–Crippen LogP) is 0.539. The molecule has 0 atom stereocenters. The number of aromatic nitrogens is 3. The summed E-state index contributed by atoms with van der Waals surface area (Å²) >= 11 is 0. The molecule has 1 N–H and O–H groups in total. The highest BCUT2D eigenvalue weighted by Crippen LogP contribution is 2.21. The van der Waals surface area contributed by atoms with E-state index in [1.54, 1.807) is 19.3 Å². The van der Waals surface area contributed by atoms with Crippen LogP contribution in [0.2, 0.25) is 0 Å². The van der Waals surface area contributed by atoms with Crippen molar-refractivity contribution in [2.75, 3.05) is 11.9 Å². The lowest BCUT2D eigenvalue weighted by molar-refractivity contribution is 0.707. The van der Waals surface area contributed by atoms with Crippen LogP contribution >= 0.6 is 0 Å². The van der Waals surface area contributed by atoms with Gasteiger partial charge in [-0.15, -0.1) is 6.58 Å². The van der Waals surface area contributed by atoms with Gasteiger partial charge in [0.25, 0.3) is 5.56 Å². The van der Waals surface area contributed by atoms with Gasteiger partial charge in [0.05, 0.1) is 5.69 Å². The Labute approximate surface area is 110 Å². The predicted molar refractivity (Wildman–Crippen MR) is 75.6 cm³/mol. The van der Waals surface area contributed by atoms with Crippen molar-refractivity contribution in [3.8, 4) is 0 Å². The fourth-order valence-corrected chi connectivity index (χ4v) is 2.03. The quantitative estimate of drug-likeness (QED) is 0.818. The molecule has 0 saturated carbocycles. The summed E-state index contributed by atoms with van der Waals surface area (Å²) < 4.78 is 2.46. The van der Waals surface area contributed by atoms with Gasteiger partial charge in [-0.2, -0.15) is 0 Å². The van der Waals surface area contributed by atoms with Gasteiger partial charge >= 0.3 is 5.69 Å². The normalized spacial score (nSPS) is 10.7. The van der Waals surface area contributed by atoms with E-state index in [0.29, 0.717) is 23.3 Å². The van der Waals surface area contributed by atoms with Gasteiger partial charge in [0.2, 0.25) is 0 Å². The van der Waals surface area contributed by atoms with Crippen molar-refractivity contribution in [3.05, 3.63) is 45.3 Å². The summed E-state index contributed by atoms with van der Waals surface area (Å²) in [6.07, 6.45) is 3.35. The maximum Gasteiger partial charge on any atom is 0.332 e. The summed E-state index contributed by atoms with van der Waals surface area (Å²) in [4.78, 5) is 28.3. The first-order valence-corrected chi connectivity index (χ1v) is 5.89. The lowest BCUT2D eigenvalue weighted by atomic mass is 10.2. The van der Waals surface area contributed by atoms with Crippen LogP contribution in [-0.4, -0.2) is 20.7 Å². The molecule has 2 aromatic heterocycles. The third-order valence-electron chi connectivity index (χ3n) is 3.08. The molecule has 6 nitrogen and oxygen atoms in total. The number of fused-ring (bicyclic) bond motifs is 1. The van der Waals surface area contributed by atoms with Crippen LogP contribution in [-0.2, 0) is 14.1 Å². The van der Waals surface area contributed by atoms with E-state index in [1.807, 2.05) is 6.92 Å². The van der Waals surface area contributed by atoms with Gasteiger partial charge in [-0.3, -0.25) is 13.9 Å². The lowest BCUT2D eigenvalue weighted by Crippen LogP contribution is -2.37. The maximum atomic E-state index is 12.3. The van der Waals surface area contributed by atoms with Gasteiger partial charge in [-0.05, 0) is 12.5 Å². The third kappa shape index (κ3) is 1.95. The Morgan fingerprint density at radius 2 is 2.05 bits per heavy atom. The van der Waals surface area contributed by atoms with Crippen molar-refractivity contribution in [3.63, 3.8) is 0 Å². The molecule has 0 spiro atoms. The highest BCUT2D eigenvalue weighted by atomic mass is 16.2. The first-order chi connectivity index (χ1) is 8.99. The summed E-state index contributed by atoms with van der Waals surface area (Å²) in [5, 5.41) is 3.56. The molecule has 0 amide bonds. The molecule has 0 aliphatic rings. The standard InChI is InChI=1S/C13H16N4O2/c1-5-6-14-10-8(2)7-15-11-9(10)12(18)17(4)13(19)16(11)3/h5,7H,1,6H2,2-4H3,(H,14,15). The number of pyridine rings is 1. The number of nitrogens with one attached hydrogen (secondary N) is 1. The molecule has 0 radical (unpaired) electrons. The molecule has 6 heteroatoms. The topological polar surface area (TPSA) is 68.9 Å². The van der Waals surface area contributed by atoms with Crippen LogP contribution in [0.5, 0.6) is 0 Å². The molecule has 0 aliphatic heterocycles. The molecule has 0 fully saturated rings. The van der Waals surface area contributed by atoms with Gasteiger partial charge in [0.15, 0.2) is 5.65 Å². The van der Waals surface area contributed by atoms with Crippen LogP contribution in [0.4, 0.5) is 5.69 Å². The average Bonchev–Trinajstić information content (AvgIpc) is 2.41. The van der Waals surface area contributed by atoms with Crippen molar-refractivity contribution < 1.29 is 0 Å². The van der Waals surface area contributed by atoms with Crippen molar-refractivity contribution in [1.29, 1.82) is 0 Å². The van der Waals surface area contributed by atoms with Crippen LogP contribution in [0.15, 0.2) is 28.4 Å². The Balaban J connectivity index is 2.96. The van der Waals surface area contributed by atoms with E-state index in [4.69, 9.17) is 0 Å². The van der Waals surface area contributed by atoms with Crippen molar-refractivity contribution >= 4 is 16.7 Å². The van der Waals surface area contributed by atoms with Gasteiger partial charge in [-0.25, -0.2) is 9.78 Å². The molecular formula is C13H16N4O2. The fourth-order valence-electron chi connectivity index (χ4n) is 2.03. The molecule has 0 unspecified atom stereocenters. The molecule has 0 aromatic carbocycles. The fraction of sp³-hybridized carbons (Fsp3) is 0.308. The summed E-state index contributed by atoms with van der Waals surface area (Å²) in [6, 6.07) is 0. The zero-order chi connectivity index (χ0) is 14.2. The number of aryl methyl sites for hydroxylation is 2. The Kier molecular flexibility index (Phi) is 3.25. The minimum atomic E-state index is -0.386. The first kappa shape index (κ1) is 13.1. The zero-order valence-electron chi connectivity index (χ0n) is 11.2. The molecule has 2 aromatic rings. The van der Waals surface area contributed by atoms with E-state index in [0.717, 1.165) is 10.1 Å². The SMILES string of the molecule is C=CCNc1c(C)cnc2c1c(=O)n(C)c(=O)n2C. The van der Waals surface area contributed by atoms with Crippen molar-refractivity contribution in [1.82, 2.24) is 14.1 Å². The van der Waals surface area contributed by atoms with Crippen LogP contribution in [0.1, 0.15) is 5.56 Å². The molecular weight excluding hydrogens is 244 g/mol. The minimum Gasteiger partial charge on any atom is -0.381 e. The number of hydrogen-bond donors (Lipinski definition) is 1. The Hall–Kier alpha value is -2.37. The van der Waals surface area contributed by atoms with E-state index < -0.39 is 0 Å². The molecule has 2 heterocycles. The summed E-state index contributed by atoms with van der Waals surface area (Å²) in [7, 11) is 3.06. The van der Waals surface area contributed by atoms with Crippen LogP contribution in [0, 0.1) is 6.92 Å². The molecule has 2 rings (SSSR count). The van der Waals surface area contributed by atoms with E-state index in [-0.39, 0.29) is 11.2 Å². The summed E-state index contributed by atoms with van der Waals surface area (Å²) in [5.41, 5.74) is 1.20.